The molecule has 0 aliphatic heterocycles. The molecule has 1 N–H and O–H groups in total. The molecule has 0 aliphatic carbocycles. The summed E-state index contributed by atoms with van der Waals surface area (Å²) in [6.45, 7) is 0. The number of carbonyl (C=O) groups excluding carboxylic acids is 1. The Morgan fingerprint density at radius 2 is 1.97 bits per heavy atom. The fourth-order valence-corrected chi connectivity index (χ4v) is 3.87. The van der Waals surface area contributed by atoms with Crippen molar-refractivity contribution in [1.29, 1.82) is 0 Å². The number of oxazole rings is 1. The number of fused-ring (bicyclic) bond motifs is 1. The highest BCUT2D eigenvalue weighted by Gasteiger charge is 2.17. The first-order valence-electron chi connectivity index (χ1n) is 8.43. The van der Waals surface area contributed by atoms with Crippen LogP contribution >= 0.6 is 50.1 Å². The third-order valence-electron chi connectivity index (χ3n) is 4.21. The van der Waals surface area contributed by atoms with E-state index in [2.05, 4.69) is 48.8 Å². The minimum Gasteiger partial charge on any atom is -0.436 e. The molecule has 0 unspecified atom stereocenters. The lowest BCUT2D eigenvalue weighted by atomic mass is 10.2. The van der Waals surface area contributed by atoms with Gasteiger partial charge < -0.3 is 9.73 Å². The Morgan fingerprint density at radius 3 is 2.73 bits per heavy atom. The van der Waals surface area contributed by atoms with Crippen molar-refractivity contribution in [3.63, 3.8) is 0 Å². The summed E-state index contributed by atoms with van der Waals surface area (Å²) in [4.78, 5) is 27.4. The quantitative estimate of drug-likeness (QED) is 0.161. The second kappa shape index (κ2) is 8.32. The van der Waals surface area contributed by atoms with Crippen LogP contribution in [0.15, 0.2) is 63.5 Å². The largest absolute Gasteiger partial charge is 0.436 e. The molecule has 0 atom stereocenters. The lowest BCUT2D eigenvalue weighted by Gasteiger charge is -2.05. The fraction of sp³-hybridized carbons (Fsp3) is 0. The Hall–Kier alpha value is -2.50. The summed E-state index contributed by atoms with van der Waals surface area (Å²) in [5, 5.41) is 13.7. The Kier molecular flexibility index (Phi) is 5.76. The second-order valence-corrected chi connectivity index (χ2v) is 8.71. The molecule has 0 spiro atoms. The number of nitrogens with one attached hydrogen (secondary N) is 1. The van der Waals surface area contributed by atoms with Gasteiger partial charge in [0, 0.05) is 25.4 Å². The van der Waals surface area contributed by atoms with Gasteiger partial charge in [0.25, 0.3) is 11.6 Å². The maximum Gasteiger partial charge on any atom is 0.288 e. The topological polar surface area (TPSA) is 98.3 Å². The molecule has 150 valence electrons. The number of hydrogen-bond acceptors (Lipinski definition) is 5. The number of aromatic nitrogens is 1. The van der Waals surface area contributed by atoms with Crippen molar-refractivity contribution in [2.24, 2.45) is 0 Å². The van der Waals surface area contributed by atoms with Gasteiger partial charge in [-0.2, -0.15) is 0 Å². The maximum absolute atomic E-state index is 12.5. The zero-order chi connectivity index (χ0) is 21.4. The number of benzene rings is 3. The first-order chi connectivity index (χ1) is 14.3. The molecule has 4 aromatic rings. The first-order valence-corrected chi connectivity index (χ1v) is 10.7. The van der Waals surface area contributed by atoms with Crippen molar-refractivity contribution >= 4 is 78.5 Å². The van der Waals surface area contributed by atoms with Gasteiger partial charge in [-0.3, -0.25) is 14.9 Å². The Balaban J connectivity index is 1.63. The zero-order valence-corrected chi connectivity index (χ0v) is 19.4. The van der Waals surface area contributed by atoms with Gasteiger partial charge >= 0.3 is 0 Å². The second-order valence-electron chi connectivity index (χ2n) is 6.20. The van der Waals surface area contributed by atoms with Gasteiger partial charge in [-0.15, -0.1) is 0 Å². The van der Waals surface area contributed by atoms with Crippen LogP contribution in [0.5, 0.6) is 0 Å². The van der Waals surface area contributed by atoms with E-state index in [0.717, 1.165) is 19.7 Å². The molecule has 1 heterocycles. The molecule has 0 saturated heterocycles. The predicted octanol–water partition coefficient (Wildman–Crippen LogP) is 6.68. The van der Waals surface area contributed by atoms with Gasteiger partial charge in [-0.05, 0) is 87.1 Å². The van der Waals surface area contributed by atoms with E-state index < -0.39 is 10.8 Å². The van der Waals surface area contributed by atoms with E-state index in [0.29, 0.717) is 22.7 Å². The van der Waals surface area contributed by atoms with Gasteiger partial charge in [-0.1, -0.05) is 11.6 Å². The van der Waals surface area contributed by atoms with Gasteiger partial charge in [0.1, 0.15) is 10.5 Å². The number of nitro groups is 1. The van der Waals surface area contributed by atoms with Crippen LogP contribution in [0.2, 0.25) is 5.02 Å². The van der Waals surface area contributed by atoms with E-state index in [1.54, 1.807) is 18.2 Å². The highest BCUT2D eigenvalue weighted by Crippen LogP contribution is 2.32. The number of carbonyl (C=O) groups is 1. The molecule has 10 heteroatoms. The van der Waals surface area contributed by atoms with E-state index in [9.17, 15) is 14.9 Å². The highest BCUT2D eigenvalue weighted by molar-refractivity contribution is 14.1. The van der Waals surface area contributed by atoms with Crippen LogP contribution in [0.3, 0.4) is 0 Å². The molecular weight excluding hydrogens is 588 g/mol. The summed E-state index contributed by atoms with van der Waals surface area (Å²) in [6, 6.07) is 14.8. The zero-order valence-electron chi connectivity index (χ0n) is 14.9. The number of rotatable bonds is 4. The van der Waals surface area contributed by atoms with Crippen LogP contribution in [-0.4, -0.2) is 15.8 Å². The summed E-state index contributed by atoms with van der Waals surface area (Å²) in [5.41, 5.74) is 2.22. The van der Waals surface area contributed by atoms with E-state index in [-0.39, 0.29) is 16.3 Å². The van der Waals surface area contributed by atoms with Crippen molar-refractivity contribution < 1.29 is 14.1 Å². The van der Waals surface area contributed by atoms with Crippen LogP contribution < -0.4 is 5.32 Å². The number of anilines is 1. The fourth-order valence-electron chi connectivity index (χ4n) is 2.78. The molecule has 1 aromatic heterocycles. The van der Waals surface area contributed by atoms with Crippen LogP contribution in [-0.2, 0) is 0 Å². The van der Waals surface area contributed by atoms with E-state index in [1.165, 1.54) is 12.1 Å². The Labute approximate surface area is 196 Å². The average Bonchev–Trinajstić information content (AvgIpc) is 3.13. The standard InChI is InChI=1S/C20H10BrClIN3O4/c21-14-4-2-11(23)8-13(14)20-25-16-9-12(3-6-18(16)30-20)24-19(27)10-1-5-15(22)17(7-10)26(28)29/h1-9H,(H,24,27). The Morgan fingerprint density at radius 1 is 1.17 bits per heavy atom. The molecule has 0 radical (unpaired) electrons. The number of hydrogen-bond donors (Lipinski definition) is 1. The van der Waals surface area contributed by atoms with E-state index in [4.69, 9.17) is 16.0 Å². The summed E-state index contributed by atoms with van der Waals surface area (Å²) in [7, 11) is 0. The minimum atomic E-state index is -0.634. The van der Waals surface area contributed by atoms with Gasteiger partial charge in [0.2, 0.25) is 5.89 Å². The molecule has 7 nitrogen and oxygen atoms in total. The molecule has 0 bridgehead atoms. The number of amides is 1. The molecule has 1 amide bonds. The SMILES string of the molecule is O=C(Nc1ccc2oc(-c3cc(I)ccc3Br)nc2c1)c1ccc(Cl)c([N+](=O)[O-])c1. The highest BCUT2D eigenvalue weighted by atomic mass is 127. The maximum atomic E-state index is 12.5. The van der Waals surface area contributed by atoms with Crippen molar-refractivity contribution in [2.45, 2.75) is 0 Å². The van der Waals surface area contributed by atoms with Crippen molar-refractivity contribution in [3.8, 4) is 11.5 Å². The average molecular weight is 599 g/mol. The third-order valence-corrected chi connectivity index (χ3v) is 5.89. The predicted molar refractivity (Wildman–Crippen MR) is 126 cm³/mol. The lowest BCUT2D eigenvalue weighted by molar-refractivity contribution is -0.384. The monoisotopic (exact) mass is 597 g/mol. The molecular formula is C20H10BrClIN3O4. The molecule has 0 aliphatic rings. The van der Waals surface area contributed by atoms with Crippen LogP contribution in [0, 0.1) is 13.7 Å². The summed E-state index contributed by atoms with van der Waals surface area (Å²) >= 11 is 11.5. The van der Waals surface area contributed by atoms with Gasteiger partial charge in [0.05, 0.1) is 10.5 Å². The van der Waals surface area contributed by atoms with Crippen LogP contribution in [0.25, 0.3) is 22.6 Å². The molecule has 3 aromatic carbocycles. The van der Waals surface area contributed by atoms with Crippen LogP contribution in [0.1, 0.15) is 10.4 Å². The molecule has 0 saturated carbocycles. The minimum absolute atomic E-state index is 0.0326. The molecule has 0 fully saturated rings. The lowest BCUT2D eigenvalue weighted by Crippen LogP contribution is -2.12. The number of nitrogens with zero attached hydrogens (tertiary/aromatic N) is 2. The molecule has 30 heavy (non-hydrogen) atoms. The van der Waals surface area contributed by atoms with Crippen LogP contribution in [0.4, 0.5) is 11.4 Å². The normalized spacial score (nSPS) is 10.9. The molecule has 4 rings (SSSR count). The van der Waals surface area contributed by atoms with Crippen molar-refractivity contribution in [1.82, 2.24) is 4.98 Å². The van der Waals surface area contributed by atoms with Crippen molar-refractivity contribution in [3.05, 3.63) is 83.3 Å². The summed E-state index contributed by atoms with van der Waals surface area (Å²) < 4.78 is 7.74. The number of halogens is 3. The summed E-state index contributed by atoms with van der Waals surface area (Å²) in [5.74, 6) is -0.0506. The smallest absolute Gasteiger partial charge is 0.288 e. The van der Waals surface area contributed by atoms with Crippen molar-refractivity contribution in [2.75, 3.05) is 5.32 Å². The van der Waals surface area contributed by atoms with Gasteiger partial charge in [-0.25, -0.2) is 4.98 Å². The summed E-state index contributed by atoms with van der Waals surface area (Å²) in [6.07, 6.45) is 0. The van der Waals surface area contributed by atoms with E-state index >= 15 is 0 Å². The Bertz CT molecular complexity index is 1320. The number of nitro benzene ring substituents is 1. The van der Waals surface area contributed by atoms with E-state index in [1.807, 2.05) is 18.2 Å². The first kappa shape index (κ1) is 20.8. The third kappa shape index (κ3) is 4.18. The van der Waals surface area contributed by atoms with Gasteiger partial charge in [0.15, 0.2) is 5.58 Å².